The fraction of sp³-hybridized carbons (Fsp3) is 0.667. The lowest BCUT2D eigenvalue weighted by atomic mass is 9.75. The fourth-order valence-electron chi connectivity index (χ4n) is 3.17. The van der Waals surface area contributed by atoms with Crippen LogP contribution in [0.2, 0.25) is 0 Å². The Balaban J connectivity index is 2.01. The molecule has 1 aromatic carbocycles. The smallest absolute Gasteiger partial charge is 0.0366 e. The minimum Gasteiger partial charge on any atom is -0.372 e. The summed E-state index contributed by atoms with van der Waals surface area (Å²) in [5.74, 6) is 0. The standard InChI is InChI=1S/C18H30N2/c1-5-17(19)14-6-8-15(9-7-14)20(4)16-10-12-18(2,3)13-11-16/h6-9,16-17H,5,10-13,19H2,1-4H3. The van der Waals surface area contributed by atoms with Crippen LogP contribution in [0.25, 0.3) is 0 Å². The Labute approximate surface area is 124 Å². The van der Waals surface area contributed by atoms with Crippen molar-refractivity contribution in [3.8, 4) is 0 Å². The molecule has 1 atom stereocenters. The summed E-state index contributed by atoms with van der Waals surface area (Å²) >= 11 is 0. The highest BCUT2D eigenvalue weighted by Crippen LogP contribution is 2.37. The minimum absolute atomic E-state index is 0.171. The zero-order valence-electron chi connectivity index (χ0n) is 13.5. The summed E-state index contributed by atoms with van der Waals surface area (Å²) in [6.45, 7) is 6.92. The Morgan fingerprint density at radius 2 is 1.75 bits per heavy atom. The molecular formula is C18H30N2. The maximum atomic E-state index is 6.08. The Bertz CT molecular complexity index is 412. The van der Waals surface area contributed by atoms with Crippen molar-refractivity contribution in [2.45, 2.75) is 65.0 Å². The normalized spacial score (nSPS) is 20.6. The van der Waals surface area contributed by atoms with Gasteiger partial charge in [0.25, 0.3) is 0 Å². The van der Waals surface area contributed by atoms with E-state index in [0.717, 1.165) is 6.42 Å². The monoisotopic (exact) mass is 274 g/mol. The molecular weight excluding hydrogens is 244 g/mol. The van der Waals surface area contributed by atoms with Crippen molar-refractivity contribution in [1.29, 1.82) is 0 Å². The summed E-state index contributed by atoms with van der Waals surface area (Å²) in [7, 11) is 2.23. The van der Waals surface area contributed by atoms with Gasteiger partial charge in [-0.25, -0.2) is 0 Å². The lowest BCUT2D eigenvalue weighted by molar-refractivity contribution is 0.222. The van der Waals surface area contributed by atoms with Crippen LogP contribution in [0.4, 0.5) is 5.69 Å². The van der Waals surface area contributed by atoms with Gasteiger partial charge in [-0.3, -0.25) is 0 Å². The molecule has 2 rings (SSSR count). The summed E-state index contributed by atoms with van der Waals surface area (Å²) in [5, 5.41) is 0. The van der Waals surface area contributed by atoms with Crippen LogP contribution < -0.4 is 10.6 Å². The Morgan fingerprint density at radius 1 is 1.20 bits per heavy atom. The predicted octanol–water partition coefficient (Wildman–Crippen LogP) is 4.50. The molecule has 1 unspecified atom stereocenters. The lowest BCUT2D eigenvalue weighted by Gasteiger charge is -2.39. The second-order valence-electron chi connectivity index (χ2n) is 7.11. The van der Waals surface area contributed by atoms with Crippen LogP contribution in [0.3, 0.4) is 0 Å². The molecule has 1 aromatic rings. The molecule has 2 nitrogen and oxygen atoms in total. The van der Waals surface area contributed by atoms with Gasteiger partial charge in [-0.2, -0.15) is 0 Å². The van der Waals surface area contributed by atoms with Crippen LogP contribution in [-0.2, 0) is 0 Å². The zero-order valence-corrected chi connectivity index (χ0v) is 13.5. The van der Waals surface area contributed by atoms with E-state index in [-0.39, 0.29) is 6.04 Å². The Kier molecular flexibility index (Phi) is 4.74. The van der Waals surface area contributed by atoms with Crippen LogP contribution >= 0.6 is 0 Å². The number of hydrogen-bond donors (Lipinski definition) is 1. The fourth-order valence-corrected chi connectivity index (χ4v) is 3.17. The highest BCUT2D eigenvalue weighted by Gasteiger charge is 2.28. The van der Waals surface area contributed by atoms with Gasteiger partial charge in [0.2, 0.25) is 0 Å². The quantitative estimate of drug-likeness (QED) is 0.875. The molecule has 1 fully saturated rings. The van der Waals surface area contributed by atoms with E-state index in [1.54, 1.807) is 0 Å². The van der Waals surface area contributed by atoms with Gasteiger partial charge in [0.05, 0.1) is 0 Å². The first kappa shape index (κ1) is 15.4. The summed E-state index contributed by atoms with van der Waals surface area (Å²) in [6.07, 6.45) is 6.27. The second kappa shape index (κ2) is 6.17. The van der Waals surface area contributed by atoms with Crippen molar-refractivity contribution >= 4 is 5.69 Å². The highest BCUT2D eigenvalue weighted by atomic mass is 15.1. The highest BCUT2D eigenvalue weighted by molar-refractivity contribution is 5.48. The van der Waals surface area contributed by atoms with Gasteiger partial charge in [0.15, 0.2) is 0 Å². The van der Waals surface area contributed by atoms with Crippen molar-refractivity contribution in [1.82, 2.24) is 0 Å². The molecule has 2 heteroatoms. The molecule has 0 aromatic heterocycles. The van der Waals surface area contributed by atoms with Crippen LogP contribution in [-0.4, -0.2) is 13.1 Å². The van der Waals surface area contributed by atoms with E-state index in [0.29, 0.717) is 11.5 Å². The maximum Gasteiger partial charge on any atom is 0.0366 e. The van der Waals surface area contributed by atoms with Crippen molar-refractivity contribution < 1.29 is 0 Å². The SMILES string of the molecule is CCC(N)c1ccc(N(C)C2CCC(C)(C)CC2)cc1. The van der Waals surface area contributed by atoms with Crippen LogP contribution in [0.15, 0.2) is 24.3 Å². The molecule has 0 spiro atoms. The molecule has 0 aliphatic heterocycles. The first-order chi connectivity index (χ1) is 9.43. The number of benzene rings is 1. The molecule has 0 radical (unpaired) electrons. The average molecular weight is 274 g/mol. The summed E-state index contributed by atoms with van der Waals surface area (Å²) in [5.41, 5.74) is 9.18. The second-order valence-corrected chi connectivity index (χ2v) is 7.11. The number of rotatable bonds is 4. The molecule has 1 saturated carbocycles. The maximum absolute atomic E-state index is 6.08. The van der Waals surface area contributed by atoms with Crippen LogP contribution in [0.1, 0.15) is 64.5 Å². The lowest BCUT2D eigenvalue weighted by Crippen LogP contribution is -2.37. The molecule has 0 saturated heterocycles. The third-order valence-electron chi connectivity index (χ3n) is 5.02. The summed E-state index contributed by atoms with van der Waals surface area (Å²) < 4.78 is 0. The van der Waals surface area contributed by atoms with Gasteiger partial charge in [0, 0.05) is 24.8 Å². The van der Waals surface area contributed by atoms with E-state index in [4.69, 9.17) is 5.73 Å². The van der Waals surface area contributed by atoms with Crippen molar-refractivity contribution in [3.05, 3.63) is 29.8 Å². The van der Waals surface area contributed by atoms with Crippen LogP contribution in [0, 0.1) is 5.41 Å². The third-order valence-corrected chi connectivity index (χ3v) is 5.02. The summed E-state index contributed by atoms with van der Waals surface area (Å²) in [6, 6.07) is 9.69. The summed E-state index contributed by atoms with van der Waals surface area (Å²) in [4.78, 5) is 2.45. The average Bonchev–Trinajstić information content (AvgIpc) is 2.46. The number of hydrogen-bond acceptors (Lipinski definition) is 2. The van der Waals surface area contributed by atoms with Gasteiger partial charge >= 0.3 is 0 Å². The molecule has 1 aliphatic carbocycles. The largest absolute Gasteiger partial charge is 0.372 e. The van der Waals surface area contributed by atoms with Gasteiger partial charge in [-0.1, -0.05) is 32.9 Å². The Hall–Kier alpha value is -1.02. The zero-order chi connectivity index (χ0) is 14.8. The van der Waals surface area contributed by atoms with E-state index < -0.39 is 0 Å². The molecule has 0 heterocycles. The first-order valence-electron chi connectivity index (χ1n) is 8.01. The third kappa shape index (κ3) is 3.54. The van der Waals surface area contributed by atoms with Gasteiger partial charge < -0.3 is 10.6 Å². The molecule has 112 valence electrons. The van der Waals surface area contributed by atoms with E-state index in [1.165, 1.54) is 36.9 Å². The topological polar surface area (TPSA) is 29.3 Å². The van der Waals surface area contributed by atoms with Gasteiger partial charge in [-0.15, -0.1) is 0 Å². The molecule has 1 aliphatic rings. The molecule has 2 N–H and O–H groups in total. The van der Waals surface area contributed by atoms with E-state index >= 15 is 0 Å². The van der Waals surface area contributed by atoms with Crippen molar-refractivity contribution in [2.24, 2.45) is 11.1 Å². The van der Waals surface area contributed by atoms with Crippen molar-refractivity contribution in [2.75, 3.05) is 11.9 Å². The van der Waals surface area contributed by atoms with Gasteiger partial charge in [0.1, 0.15) is 0 Å². The number of nitrogens with two attached hydrogens (primary N) is 1. The van der Waals surface area contributed by atoms with E-state index in [2.05, 4.69) is 57.0 Å². The van der Waals surface area contributed by atoms with E-state index in [1.807, 2.05) is 0 Å². The van der Waals surface area contributed by atoms with E-state index in [9.17, 15) is 0 Å². The van der Waals surface area contributed by atoms with Crippen molar-refractivity contribution in [3.63, 3.8) is 0 Å². The molecule has 20 heavy (non-hydrogen) atoms. The van der Waals surface area contributed by atoms with Gasteiger partial charge in [-0.05, 0) is 55.2 Å². The number of anilines is 1. The van der Waals surface area contributed by atoms with Crippen LogP contribution in [0.5, 0.6) is 0 Å². The molecule has 0 amide bonds. The first-order valence-corrected chi connectivity index (χ1v) is 8.01. The number of nitrogens with zero attached hydrogens (tertiary/aromatic N) is 1. The predicted molar refractivity (Wildman–Crippen MR) is 88.1 cm³/mol. The minimum atomic E-state index is 0.171. The Morgan fingerprint density at radius 3 is 2.25 bits per heavy atom. The molecule has 0 bridgehead atoms.